The van der Waals surface area contributed by atoms with Crippen LogP contribution in [-0.4, -0.2) is 34.6 Å². The van der Waals surface area contributed by atoms with Crippen LogP contribution in [-0.2, 0) is 14.8 Å². The Morgan fingerprint density at radius 1 is 1.00 bits per heavy atom. The molecule has 0 bridgehead atoms. The number of anilines is 1. The third-order valence-corrected chi connectivity index (χ3v) is 7.85. The second kappa shape index (κ2) is 10.6. The highest BCUT2D eigenvalue weighted by molar-refractivity contribution is 7.92. The lowest BCUT2D eigenvalue weighted by Crippen LogP contribution is -2.26. The number of benzene rings is 3. The zero-order chi connectivity index (χ0) is 25.9. The maximum absolute atomic E-state index is 13.0. The Morgan fingerprint density at radius 3 is 2.44 bits per heavy atom. The standard InChI is InChI=1S/C27H26ClNO6S/c1-18-5-11-23(15-19(18)2)36(31,32)29(3)21-7-9-22(10-8-21)35-26(30)12-6-20-16-24(28)27-25(17-20)33-13-4-14-34-27/h5-12,15-17H,4,13-14H2,1-3H3. The Morgan fingerprint density at radius 2 is 1.72 bits per heavy atom. The molecule has 3 aromatic rings. The summed E-state index contributed by atoms with van der Waals surface area (Å²) in [6, 6.07) is 14.7. The molecule has 4 rings (SSSR count). The number of carbonyl (C=O) groups is 1. The zero-order valence-electron chi connectivity index (χ0n) is 20.2. The van der Waals surface area contributed by atoms with E-state index in [0.29, 0.717) is 41.0 Å². The van der Waals surface area contributed by atoms with Gasteiger partial charge in [-0.2, -0.15) is 0 Å². The van der Waals surface area contributed by atoms with E-state index in [2.05, 4.69) is 0 Å². The zero-order valence-corrected chi connectivity index (χ0v) is 21.7. The number of ether oxygens (including phenoxy) is 3. The molecule has 0 aromatic heterocycles. The smallest absolute Gasteiger partial charge is 0.336 e. The maximum atomic E-state index is 13.0. The van der Waals surface area contributed by atoms with Crippen LogP contribution >= 0.6 is 11.6 Å². The van der Waals surface area contributed by atoms with Gasteiger partial charge in [0, 0.05) is 19.5 Å². The highest BCUT2D eigenvalue weighted by atomic mass is 35.5. The second-order valence-electron chi connectivity index (χ2n) is 8.35. The number of sulfonamides is 1. The molecule has 188 valence electrons. The Balaban J connectivity index is 1.43. The van der Waals surface area contributed by atoms with Crippen molar-refractivity contribution < 1.29 is 27.4 Å². The molecule has 1 heterocycles. The predicted molar refractivity (Wildman–Crippen MR) is 140 cm³/mol. The molecule has 9 heteroatoms. The molecule has 3 aromatic carbocycles. The first kappa shape index (κ1) is 25.6. The maximum Gasteiger partial charge on any atom is 0.336 e. The van der Waals surface area contributed by atoms with Gasteiger partial charge in [0.25, 0.3) is 10.0 Å². The Labute approximate surface area is 215 Å². The fraction of sp³-hybridized carbons (Fsp3) is 0.222. The molecule has 7 nitrogen and oxygen atoms in total. The summed E-state index contributed by atoms with van der Waals surface area (Å²) in [5, 5.41) is 0.401. The lowest BCUT2D eigenvalue weighted by atomic mass is 10.1. The van der Waals surface area contributed by atoms with Crippen LogP contribution in [0.2, 0.25) is 5.02 Å². The van der Waals surface area contributed by atoms with Crippen LogP contribution in [0.3, 0.4) is 0 Å². The minimum Gasteiger partial charge on any atom is -0.489 e. The molecule has 0 amide bonds. The Bertz CT molecular complexity index is 1420. The van der Waals surface area contributed by atoms with E-state index >= 15 is 0 Å². The minimum atomic E-state index is -3.73. The monoisotopic (exact) mass is 527 g/mol. The number of esters is 1. The third kappa shape index (κ3) is 5.66. The van der Waals surface area contributed by atoms with E-state index < -0.39 is 16.0 Å². The summed E-state index contributed by atoms with van der Waals surface area (Å²) in [6.45, 7) is 4.85. The van der Waals surface area contributed by atoms with E-state index in [9.17, 15) is 13.2 Å². The predicted octanol–water partition coefficient (Wildman–Crippen LogP) is 5.56. The van der Waals surface area contributed by atoms with Crippen molar-refractivity contribution in [2.45, 2.75) is 25.2 Å². The largest absolute Gasteiger partial charge is 0.489 e. The SMILES string of the molecule is Cc1ccc(S(=O)(=O)N(C)c2ccc(OC(=O)C=Cc3cc(Cl)c4c(c3)OCCCO4)cc2)cc1C. The first-order valence-electron chi connectivity index (χ1n) is 11.3. The quantitative estimate of drug-likeness (QED) is 0.237. The molecule has 0 unspecified atom stereocenters. The van der Waals surface area contributed by atoms with Gasteiger partial charge in [0.1, 0.15) is 5.75 Å². The topological polar surface area (TPSA) is 82.1 Å². The van der Waals surface area contributed by atoms with Gasteiger partial charge >= 0.3 is 5.97 Å². The molecule has 0 fully saturated rings. The molecule has 0 radical (unpaired) electrons. The summed E-state index contributed by atoms with van der Waals surface area (Å²) in [5.74, 6) is 0.714. The van der Waals surface area contributed by atoms with E-state index in [1.165, 1.54) is 29.6 Å². The van der Waals surface area contributed by atoms with Gasteiger partial charge in [0.2, 0.25) is 0 Å². The Kier molecular flexibility index (Phi) is 7.56. The van der Waals surface area contributed by atoms with Gasteiger partial charge < -0.3 is 14.2 Å². The summed E-state index contributed by atoms with van der Waals surface area (Å²) in [7, 11) is -2.25. The minimum absolute atomic E-state index is 0.212. The summed E-state index contributed by atoms with van der Waals surface area (Å²) in [4.78, 5) is 12.5. The van der Waals surface area contributed by atoms with Crippen LogP contribution in [0.15, 0.2) is 65.6 Å². The fourth-order valence-corrected chi connectivity index (χ4v) is 5.11. The van der Waals surface area contributed by atoms with Crippen LogP contribution in [0, 0.1) is 13.8 Å². The fourth-order valence-electron chi connectivity index (χ4n) is 3.56. The molecule has 0 saturated carbocycles. The molecule has 1 aliphatic heterocycles. The van der Waals surface area contributed by atoms with Gasteiger partial charge in [-0.05, 0) is 85.1 Å². The van der Waals surface area contributed by atoms with Gasteiger partial charge in [-0.1, -0.05) is 17.7 Å². The van der Waals surface area contributed by atoms with Crippen molar-refractivity contribution in [2.75, 3.05) is 24.6 Å². The van der Waals surface area contributed by atoms with E-state index in [0.717, 1.165) is 17.5 Å². The lowest BCUT2D eigenvalue weighted by molar-refractivity contribution is -0.128. The van der Waals surface area contributed by atoms with Crippen molar-refractivity contribution in [3.05, 3.63) is 82.4 Å². The third-order valence-electron chi connectivity index (χ3n) is 5.79. The number of fused-ring (bicyclic) bond motifs is 1. The van der Waals surface area contributed by atoms with Gasteiger partial charge in [-0.25, -0.2) is 13.2 Å². The summed E-state index contributed by atoms with van der Waals surface area (Å²) in [5.41, 5.74) is 3.01. The molecular formula is C27H26ClNO6S. The number of carbonyl (C=O) groups excluding carboxylic acids is 1. The number of aryl methyl sites for hydroxylation is 2. The second-order valence-corrected chi connectivity index (χ2v) is 10.7. The first-order valence-corrected chi connectivity index (χ1v) is 13.1. The molecule has 1 aliphatic rings. The van der Waals surface area contributed by atoms with Crippen molar-refractivity contribution in [3.63, 3.8) is 0 Å². The van der Waals surface area contributed by atoms with Gasteiger partial charge in [0.05, 0.1) is 28.8 Å². The van der Waals surface area contributed by atoms with Gasteiger partial charge in [-0.15, -0.1) is 0 Å². The van der Waals surface area contributed by atoms with Crippen molar-refractivity contribution >= 4 is 39.4 Å². The van der Waals surface area contributed by atoms with Crippen molar-refractivity contribution in [1.82, 2.24) is 0 Å². The molecule has 36 heavy (non-hydrogen) atoms. The molecule has 0 aliphatic carbocycles. The van der Waals surface area contributed by atoms with Crippen LogP contribution in [0.5, 0.6) is 17.2 Å². The summed E-state index contributed by atoms with van der Waals surface area (Å²) >= 11 is 6.29. The molecule has 0 saturated heterocycles. The number of hydrogen-bond acceptors (Lipinski definition) is 6. The van der Waals surface area contributed by atoms with E-state index in [1.807, 2.05) is 13.8 Å². The van der Waals surface area contributed by atoms with E-state index in [-0.39, 0.29) is 10.6 Å². The van der Waals surface area contributed by atoms with Crippen LogP contribution in [0.1, 0.15) is 23.1 Å². The lowest BCUT2D eigenvalue weighted by Gasteiger charge is -2.20. The van der Waals surface area contributed by atoms with Gasteiger partial charge in [0.15, 0.2) is 11.5 Å². The number of rotatable bonds is 6. The average molecular weight is 528 g/mol. The Hall–Kier alpha value is -3.49. The van der Waals surface area contributed by atoms with Gasteiger partial charge in [-0.3, -0.25) is 4.31 Å². The van der Waals surface area contributed by atoms with Crippen molar-refractivity contribution in [1.29, 1.82) is 0 Å². The van der Waals surface area contributed by atoms with Crippen LogP contribution in [0.4, 0.5) is 5.69 Å². The summed E-state index contributed by atoms with van der Waals surface area (Å²) < 4.78 is 43.8. The van der Waals surface area contributed by atoms with Crippen LogP contribution in [0.25, 0.3) is 6.08 Å². The van der Waals surface area contributed by atoms with Crippen LogP contribution < -0.4 is 18.5 Å². The average Bonchev–Trinajstić information content (AvgIpc) is 3.10. The molecule has 0 N–H and O–H groups in total. The first-order chi connectivity index (χ1) is 17.1. The number of hydrogen-bond donors (Lipinski definition) is 0. The van der Waals surface area contributed by atoms with Crippen molar-refractivity contribution in [3.8, 4) is 17.2 Å². The molecular weight excluding hydrogens is 502 g/mol. The van der Waals surface area contributed by atoms with Crippen molar-refractivity contribution in [2.24, 2.45) is 0 Å². The number of nitrogens with zero attached hydrogens (tertiary/aromatic N) is 1. The summed E-state index contributed by atoms with van der Waals surface area (Å²) in [6.07, 6.45) is 3.61. The highest BCUT2D eigenvalue weighted by Gasteiger charge is 2.22. The number of halogens is 1. The highest BCUT2D eigenvalue weighted by Crippen LogP contribution is 2.38. The molecule has 0 spiro atoms. The normalized spacial score (nSPS) is 13.3. The van der Waals surface area contributed by atoms with E-state index in [4.69, 9.17) is 25.8 Å². The molecule has 0 atom stereocenters. The van der Waals surface area contributed by atoms with E-state index in [1.54, 1.807) is 48.5 Å².